The summed E-state index contributed by atoms with van der Waals surface area (Å²) >= 11 is 0. The van der Waals surface area contributed by atoms with Gasteiger partial charge in [-0.2, -0.15) is 17.0 Å². The van der Waals surface area contributed by atoms with Crippen LogP contribution in [0.5, 0.6) is 0 Å². The van der Waals surface area contributed by atoms with Crippen molar-refractivity contribution in [1.82, 2.24) is 13.5 Å². The van der Waals surface area contributed by atoms with Crippen molar-refractivity contribution in [2.45, 2.75) is 6.42 Å². The zero-order valence-corrected chi connectivity index (χ0v) is 10.9. The molecule has 0 aromatic carbocycles. The molecule has 2 N–H and O–H groups in total. The fourth-order valence-electron chi connectivity index (χ4n) is 1.65. The molecule has 1 fully saturated rings. The Labute approximate surface area is 98.2 Å². The summed E-state index contributed by atoms with van der Waals surface area (Å²) in [6.07, 6.45) is 0.698. The quantitative estimate of drug-likeness (QED) is 0.662. The number of hydrogen-bond acceptors (Lipinski definition) is 4. The highest BCUT2D eigenvalue weighted by molar-refractivity contribution is 7.86. The van der Waals surface area contributed by atoms with Gasteiger partial charge in [0.25, 0.3) is 10.2 Å². The van der Waals surface area contributed by atoms with Gasteiger partial charge in [-0.15, -0.1) is 0 Å². The van der Waals surface area contributed by atoms with Gasteiger partial charge in [0.1, 0.15) is 0 Å². The number of nitrogens with zero attached hydrogens (tertiary/aromatic N) is 3. The van der Waals surface area contributed by atoms with Gasteiger partial charge in [-0.1, -0.05) is 0 Å². The maximum atomic E-state index is 12.1. The van der Waals surface area contributed by atoms with E-state index in [2.05, 4.69) is 4.90 Å². The lowest BCUT2D eigenvalue weighted by molar-refractivity contribution is 0.214. The molecule has 0 bridgehead atoms. The van der Waals surface area contributed by atoms with Crippen molar-refractivity contribution in [3.05, 3.63) is 0 Å². The molecular formula is C9H22N4O2S. The van der Waals surface area contributed by atoms with Crippen LogP contribution < -0.4 is 5.73 Å². The van der Waals surface area contributed by atoms with Crippen LogP contribution in [0.15, 0.2) is 0 Å². The van der Waals surface area contributed by atoms with Crippen LogP contribution in [0.4, 0.5) is 0 Å². The van der Waals surface area contributed by atoms with Crippen LogP contribution in [0.1, 0.15) is 6.42 Å². The smallest absolute Gasteiger partial charge is 0.281 e. The van der Waals surface area contributed by atoms with Crippen LogP contribution >= 0.6 is 0 Å². The van der Waals surface area contributed by atoms with Gasteiger partial charge in [-0.3, -0.25) is 0 Å². The van der Waals surface area contributed by atoms with Gasteiger partial charge in [-0.05, 0) is 20.0 Å². The van der Waals surface area contributed by atoms with E-state index in [0.29, 0.717) is 32.6 Å². The SMILES string of the molecule is CN1CCN(S(=O)(=O)N(C)CCCN)CC1. The molecule has 0 amide bonds. The number of hydrogen-bond donors (Lipinski definition) is 1. The van der Waals surface area contributed by atoms with Crippen LogP contribution in [0.2, 0.25) is 0 Å². The molecule has 0 atom stereocenters. The molecular weight excluding hydrogens is 228 g/mol. The highest BCUT2D eigenvalue weighted by Gasteiger charge is 2.28. The summed E-state index contributed by atoms with van der Waals surface area (Å²) in [4.78, 5) is 2.13. The first-order valence-electron chi connectivity index (χ1n) is 5.58. The van der Waals surface area contributed by atoms with E-state index in [9.17, 15) is 8.42 Å². The van der Waals surface area contributed by atoms with Crippen LogP contribution in [0, 0.1) is 0 Å². The third-order valence-electron chi connectivity index (χ3n) is 2.86. The maximum absolute atomic E-state index is 12.1. The lowest BCUT2D eigenvalue weighted by Gasteiger charge is -2.34. The van der Waals surface area contributed by atoms with E-state index >= 15 is 0 Å². The van der Waals surface area contributed by atoms with Gasteiger partial charge < -0.3 is 10.6 Å². The van der Waals surface area contributed by atoms with Crippen LogP contribution in [0.3, 0.4) is 0 Å². The molecule has 1 aliphatic heterocycles. The Kier molecular flexibility index (Phi) is 5.13. The van der Waals surface area contributed by atoms with Crippen molar-refractivity contribution in [1.29, 1.82) is 0 Å². The standard InChI is InChI=1S/C9H22N4O2S/c1-11-6-8-13(9-7-11)16(14,15)12(2)5-3-4-10/h3-10H2,1-2H3. The summed E-state index contributed by atoms with van der Waals surface area (Å²) in [5, 5.41) is 0. The largest absolute Gasteiger partial charge is 0.330 e. The summed E-state index contributed by atoms with van der Waals surface area (Å²) in [6.45, 7) is 3.75. The van der Waals surface area contributed by atoms with Gasteiger partial charge in [0.15, 0.2) is 0 Å². The van der Waals surface area contributed by atoms with Gasteiger partial charge in [0, 0.05) is 39.8 Å². The average molecular weight is 250 g/mol. The van der Waals surface area contributed by atoms with Crippen molar-refractivity contribution in [3.63, 3.8) is 0 Å². The fourth-order valence-corrected chi connectivity index (χ4v) is 3.02. The minimum absolute atomic E-state index is 0.491. The summed E-state index contributed by atoms with van der Waals surface area (Å²) in [7, 11) is 0.343. The molecule has 0 unspecified atom stereocenters. The first kappa shape index (κ1) is 13.9. The number of rotatable bonds is 5. The first-order chi connectivity index (χ1) is 7.48. The lowest BCUT2D eigenvalue weighted by atomic mass is 10.4. The van der Waals surface area contributed by atoms with Crippen molar-refractivity contribution >= 4 is 10.2 Å². The highest BCUT2D eigenvalue weighted by Crippen LogP contribution is 2.10. The van der Waals surface area contributed by atoms with Crippen LogP contribution in [-0.4, -0.2) is 75.3 Å². The molecule has 0 aromatic rings. The van der Waals surface area contributed by atoms with Gasteiger partial charge in [0.2, 0.25) is 0 Å². The zero-order chi connectivity index (χ0) is 12.2. The van der Waals surface area contributed by atoms with Crippen molar-refractivity contribution in [3.8, 4) is 0 Å². The molecule has 0 aromatic heterocycles. The van der Waals surface area contributed by atoms with Gasteiger partial charge >= 0.3 is 0 Å². The predicted octanol–water partition coefficient (Wildman–Crippen LogP) is -1.24. The average Bonchev–Trinajstić information content (AvgIpc) is 2.26. The summed E-state index contributed by atoms with van der Waals surface area (Å²) in [5.74, 6) is 0. The molecule has 16 heavy (non-hydrogen) atoms. The second-order valence-corrected chi connectivity index (χ2v) is 6.21. The minimum Gasteiger partial charge on any atom is -0.330 e. The molecule has 1 saturated heterocycles. The Hall–Kier alpha value is -0.210. The highest BCUT2D eigenvalue weighted by atomic mass is 32.2. The predicted molar refractivity (Wildman–Crippen MR) is 64.3 cm³/mol. The number of likely N-dealkylation sites (N-methyl/N-ethyl adjacent to an activating group) is 1. The molecule has 1 rings (SSSR count). The Bertz CT molecular complexity index is 299. The normalized spacial score (nSPS) is 20.5. The minimum atomic E-state index is -3.27. The second kappa shape index (κ2) is 5.92. The van der Waals surface area contributed by atoms with E-state index in [0.717, 1.165) is 13.1 Å². The number of nitrogens with two attached hydrogens (primary N) is 1. The first-order valence-corrected chi connectivity index (χ1v) is 6.98. The Morgan fingerprint density at radius 2 is 1.81 bits per heavy atom. The van der Waals surface area contributed by atoms with Gasteiger partial charge in [-0.25, -0.2) is 0 Å². The molecule has 0 spiro atoms. The summed E-state index contributed by atoms with van der Waals surface area (Å²) in [5.41, 5.74) is 5.37. The van der Waals surface area contributed by atoms with Crippen molar-refractivity contribution < 1.29 is 8.42 Å². The lowest BCUT2D eigenvalue weighted by Crippen LogP contribution is -2.51. The van der Waals surface area contributed by atoms with Crippen LogP contribution in [-0.2, 0) is 10.2 Å². The van der Waals surface area contributed by atoms with Crippen molar-refractivity contribution in [2.24, 2.45) is 5.73 Å². The molecule has 96 valence electrons. The monoisotopic (exact) mass is 250 g/mol. The van der Waals surface area contributed by atoms with E-state index in [4.69, 9.17) is 5.73 Å². The summed E-state index contributed by atoms with van der Waals surface area (Å²) in [6, 6.07) is 0. The topological polar surface area (TPSA) is 69.9 Å². The molecule has 1 heterocycles. The van der Waals surface area contributed by atoms with E-state index in [-0.39, 0.29) is 0 Å². The Balaban J connectivity index is 2.56. The Morgan fingerprint density at radius 3 is 2.31 bits per heavy atom. The second-order valence-electron chi connectivity index (χ2n) is 4.17. The van der Waals surface area contributed by atoms with Crippen LogP contribution in [0.25, 0.3) is 0 Å². The molecule has 0 radical (unpaired) electrons. The van der Waals surface area contributed by atoms with Gasteiger partial charge in [0.05, 0.1) is 0 Å². The molecule has 0 aliphatic carbocycles. The summed E-state index contributed by atoms with van der Waals surface area (Å²) < 4.78 is 27.1. The molecule has 0 saturated carbocycles. The zero-order valence-electron chi connectivity index (χ0n) is 10.1. The van der Waals surface area contributed by atoms with E-state index < -0.39 is 10.2 Å². The van der Waals surface area contributed by atoms with Crippen molar-refractivity contribution in [2.75, 3.05) is 53.4 Å². The third kappa shape index (κ3) is 3.39. The van der Waals surface area contributed by atoms with E-state index in [1.807, 2.05) is 7.05 Å². The number of piperazine rings is 1. The van der Waals surface area contributed by atoms with E-state index in [1.165, 1.54) is 4.31 Å². The fraction of sp³-hybridized carbons (Fsp3) is 1.00. The van der Waals surface area contributed by atoms with E-state index in [1.54, 1.807) is 11.4 Å². The Morgan fingerprint density at radius 1 is 1.25 bits per heavy atom. The molecule has 7 heteroatoms. The maximum Gasteiger partial charge on any atom is 0.281 e. The molecule has 6 nitrogen and oxygen atoms in total. The molecule has 1 aliphatic rings. The third-order valence-corrected chi connectivity index (χ3v) is 4.85.